The fourth-order valence-electron chi connectivity index (χ4n) is 2.49. The molecule has 4 nitrogen and oxygen atoms in total. The summed E-state index contributed by atoms with van der Waals surface area (Å²) in [5.74, 6) is 0.0929. The van der Waals surface area contributed by atoms with Crippen LogP contribution in [0.5, 0.6) is 0 Å². The summed E-state index contributed by atoms with van der Waals surface area (Å²) in [6, 6.07) is 8.47. The minimum atomic E-state index is 0.0929. The molecule has 1 aromatic rings. The lowest BCUT2D eigenvalue weighted by Crippen LogP contribution is -2.45. The van der Waals surface area contributed by atoms with E-state index in [0.717, 1.165) is 37.5 Å². The van der Waals surface area contributed by atoms with E-state index in [4.69, 9.17) is 11.6 Å². The smallest absolute Gasteiger partial charge is 0.233 e. The van der Waals surface area contributed by atoms with Crippen LogP contribution in [0.25, 0.3) is 0 Å². The van der Waals surface area contributed by atoms with E-state index in [-0.39, 0.29) is 5.91 Å². The number of carbonyl (C=O) groups excluding carboxylic acids is 1. The van der Waals surface area contributed by atoms with Crippen molar-refractivity contribution in [2.45, 2.75) is 25.4 Å². The molecule has 2 rings (SSSR count). The first-order valence-electron chi connectivity index (χ1n) is 7.08. The van der Waals surface area contributed by atoms with E-state index in [1.807, 2.05) is 18.2 Å². The van der Waals surface area contributed by atoms with Gasteiger partial charge >= 0.3 is 0 Å². The molecule has 1 fully saturated rings. The van der Waals surface area contributed by atoms with Gasteiger partial charge in [-0.1, -0.05) is 23.7 Å². The highest BCUT2D eigenvalue weighted by molar-refractivity contribution is 6.30. The second-order valence-corrected chi connectivity index (χ2v) is 5.67. The quantitative estimate of drug-likeness (QED) is 0.868. The van der Waals surface area contributed by atoms with Gasteiger partial charge in [-0.15, -0.1) is 0 Å². The summed E-state index contributed by atoms with van der Waals surface area (Å²) in [5.41, 5.74) is 1.21. The summed E-state index contributed by atoms with van der Waals surface area (Å²) in [5, 5.41) is 7.02. The molecule has 110 valence electrons. The molecule has 20 heavy (non-hydrogen) atoms. The monoisotopic (exact) mass is 295 g/mol. The fourth-order valence-corrected chi connectivity index (χ4v) is 2.70. The third-order valence-corrected chi connectivity index (χ3v) is 3.95. The lowest BCUT2D eigenvalue weighted by molar-refractivity contribution is -0.122. The third kappa shape index (κ3) is 4.78. The van der Waals surface area contributed by atoms with Gasteiger partial charge in [-0.2, -0.15) is 0 Å². The van der Waals surface area contributed by atoms with Gasteiger partial charge in [0, 0.05) is 37.7 Å². The largest absolute Gasteiger partial charge is 0.358 e. The second-order valence-electron chi connectivity index (χ2n) is 5.23. The van der Waals surface area contributed by atoms with Crippen LogP contribution in [0.4, 0.5) is 0 Å². The van der Waals surface area contributed by atoms with Crippen molar-refractivity contribution in [3.8, 4) is 0 Å². The first-order chi connectivity index (χ1) is 9.67. The maximum atomic E-state index is 11.3. The second kappa shape index (κ2) is 7.62. The molecule has 0 aromatic heterocycles. The maximum absolute atomic E-state index is 11.3. The van der Waals surface area contributed by atoms with E-state index < -0.39 is 0 Å². The number of piperidine rings is 1. The zero-order valence-electron chi connectivity index (χ0n) is 11.9. The molecule has 0 saturated carbocycles. The molecule has 5 heteroatoms. The van der Waals surface area contributed by atoms with Gasteiger partial charge < -0.3 is 10.6 Å². The number of halogens is 1. The number of hydrogen-bond donors (Lipinski definition) is 2. The molecule has 1 heterocycles. The Bertz CT molecular complexity index is 444. The number of benzene rings is 1. The number of carbonyl (C=O) groups is 1. The Kier molecular flexibility index (Phi) is 5.83. The minimum absolute atomic E-state index is 0.0929. The van der Waals surface area contributed by atoms with Gasteiger partial charge in [0.1, 0.15) is 0 Å². The van der Waals surface area contributed by atoms with Crippen molar-refractivity contribution < 1.29 is 4.79 Å². The van der Waals surface area contributed by atoms with Gasteiger partial charge in [0.15, 0.2) is 0 Å². The predicted molar refractivity (Wildman–Crippen MR) is 81.8 cm³/mol. The highest BCUT2D eigenvalue weighted by Gasteiger charge is 2.19. The normalized spacial score (nSPS) is 17.1. The molecule has 2 N–H and O–H groups in total. The number of nitrogens with one attached hydrogen (secondary N) is 2. The zero-order chi connectivity index (χ0) is 14.4. The third-order valence-electron chi connectivity index (χ3n) is 3.72. The van der Waals surface area contributed by atoms with E-state index in [2.05, 4.69) is 21.6 Å². The first kappa shape index (κ1) is 15.3. The van der Waals surface area contributed by atoms with Gasteiger partial charge in [-0.25, -0.2) is 0 Å². The van der Waals surface area contributed by atoms with Crippen molar-refractivity contribution in [2.75, 3.05) is 26.7 Å². The predicted octanol–water partition coefficient (Wildman–Crippen LogP) is 1.64. The average Bonchev–Trinajstić information content (AvgIpc) is 2.46. The number of hydrogen-bond acceptors (Lipinski definition) is 3. The Labute approximate surface area is 125 Å². The van der Waals surface area contributed by atoms with Gasteiger partial charge in [-0.05, 0) is 30.5 Å². The van der Waals surface area contributed by atoms with Crippen molar-refractivity contribution in [3.05, 3.63) is 34.9 Å². The maximum Gasteiger partial charge on any atom is 0.233 e. The van der Waals surface area contributed by atoms with Crippen LogP contribution >= 0.6 is 11.6 Å². The van der Waals surface area contributed by atoms with Crippen molar-refractivity contribution in [1.82, 2.24) is 15.5 Å². The van der Waals surface area contributed by atoms with E-state index in [9.17, 15) is 4.79 Å². The molecular formula is C15H22ClN3O. The number of rotatable bonds is 5. The van der Waals surface area contributed by atoms with Crippen LogP contribution in [0.2, 0.25) is 5.02 Å². The molecule has 0 spiro atoms. The Morgan fingerprint density at radius 2 is 2.15 bits per heavy atom. The van der Waals surface area contributed by atoms with Crippen molar-refractivity contribution in [3.63, 3.8) is 0 Å². The number of likely N-dealkylation sites (N-methyl/N-ethyl adjacent to an activating group) is 1. The number of amides is 1. The molecule has 0 radical (unpaired) electrons. The lowest BCUT2D eigenvalue weighted by atomic mass is 10.0. The Hall–Kier alpha value is -1.10. The molecule has 0 atom stereocenters. The Morgan fingerprint density at radius 1 is 1.40 bits per heavy atom. The standard InChI is InChI=1S/C15H22ClN3O/c1-17-15(20)11-19-7-5-14(6-8-19)18-10-12-3-2-4-13(16)9-12/h2-4,9,14,18H,5-8,10-11H2,1H3,(H,17,20). The minimum Gasteiger partial charge on any atom is -0.358 e. The number of likely N-dealkylation sites (tertiary alicyclic amines) is 1. The van der Waals surface area contributed by atoms with Gasteiger partial charge in [0.05, 0.1) is 6.54 Å². The molecule has 1 aromatic carbocycles. The van der Waals surface area contributed by atoms with E-state index >= 15 is 0 Å². The fraction of sp³-hybridized carbons (Fsp3) is 0.533. The van der Waals surface area contributed by atoms with Gasteiger partial charge in [-0.3, -0.25) is 9.69 Å². The molecular weight excluding hydrogens is 274 g/mol. The molecule has 1 aliphatic rings. The zero-order valence-corrected chi connectivity index (χ0v) is 12.6. The van der Waals surface area contributed by atoms with Crippen LogP contribution in [0.1, 0.15) is 18.4 Å². The summed E-state index contributed by atoms with van der Waals surface area (Å²) in [7, 11) is 1.68. The van der Waals surface area contributed by atoms with Crippen LogP contribution < -0.4 is 10.6 Å². The summed E-state index contributed by atoms with van der Waals surface area (Å²) >= 11 is 5.98. The average molecular weight is 296 g/mol. The molecule has 0 unspecified atom stereocenters. The molecule has 1 aliphatic heterocycles. The van der Waals surface area contributed by atoms with Crippen LogP contribution in [-0.4, -0.2) is 43.5 Å². The topological polar surface area (TPSA) is 44.4 Å². The molecule has 0 aliphatic carbocycles. The lowest BCUT2D eigenvalue weighted by Gasteiger charge is -2.31. The first-order valence-corrected chi connectivity index (χ1v) is 7.46. The summed E-state index contributed by atoms with van der Waals surface area (Å²) in [6.07, 6.45) is 2.16. The Morgan fingerprint density at radius 3 is 2.80 bits per heavy atom. The highest BCUT2D eigenvalue weighted by Crippen LogP contribution is 2.13. The van der Waals surface area contributed by atoms with Crippen LogP contribution in [0.3, 0.4) is 0 Å². The SMILES string of the molecule is CNC(=O)CN1CCC(NCc2cccc(Cl)c2)CC1. The van der Waals surface area contributed by atoms with Gasteiger partial charge in [0.25, 0.3) is 0 Å². The molecule has 1 saturated heterocycles. The number of nitrogens with zero attached hydrogens (tertiary/aromatic N) is 1. The molecule has 0 bridgehead atoms. The van der Waals surface area contributed by atoms with E-state index in [1.165, 1.54) is 5.56 Å². The van der Waals surface area contributed by atoms with E-state index in [0.29, 0.717) is 12.6 Å². The van der Waals surface area contributed by atoms with Crippen molar-refractivity contribution in [2.24, 2.45) is 0 Å². The van der Waals surface area contributed by atoms with Gasteiger partial charge in [0.2, 0.25) is 5.91 Å². The van der Waals surface area contributed by atoms with E-state index in [1.54, 1.807) is 7.05 Å². The van der Waals surface area contributed by atoms with Crippen molar-refractivity contribution in [1.29, 1.82) is 0 Å². The van der Waals surface area contributed by atoms with Crippen molar-refractivity contribution >= 4 is 17.5 Å². The van der Waals surface area contributed by atoms with Crippen LogP contribution in [-0.2, 0) is 11.3 Å². The molecule has 1 amide bonds. The summed E-state index contributed by atoms with van der Waals surface area (Å²) in [4.78, 5) is 13.5. The van der Waals surface area contributed by atoms with Crippen LogP contribution in [0.15, 0.2) is 24.3 Å². The Balaban J connectivity index is 1.70. The summed E-state index contributed by atoms with van der Waals surface area (Å²) < 4.78 is 0. The summed E-state index contributed by atoms with van der Waals surface area (Å²) in [6.45, 7) is 3.31. The highest BCUT2D eigenvalue weighted by atomic mass is 35.5. The van der Waals surface area contributed by atoms with Crippen LogP contribution in [0, 0.1) is 0 Å².